The topological polar surface area (TPSA) is 125 Å². The van der Waals surface area contributed by atoms with Crippen LogP contribution in [-0.2, 0) is 16.0 Å². The van der Waals surface area contributed by atoms with Crippen LogP contribution in [0.25, 0.3) is 0 Å². The summed E-state index contributed by atoms with van der Waals surface area (Å²) in [4.78, 5) is 37.2. The fraction of sp³-hybridized carbons (Fsp3) is 0.300. The van der Waals surface area contributed by atoms with Crippen molar-refractivity contribution >= 4 is 29.2 Å². The lowest BCUT2D eigenvalue weighted by Crippen LogP contribution is -2.44. The highest BCUT2D eigenvalue weighted by molar-refractivity contribution is 6.04. The molecule has 0 aromatic heterocycles. The average molecular weight is 533 g/mol. The van der Waals surface area contributed by atoms with Crippen LogP contribution in [0, 0.1) is 0 Å². The largest absolute Gasteiger partial charge is 0.494 e. The molecule has 1 heterocycles. The third kappa shape index (κ3) is 7.98. The number of unbranched alkanes of at least 4 members (excludes halogenated alkanes) is 1. The molecule has 0 aliphatic carbocycles. The fourth-order valence-electron chi connectivity index (χ4n) is 4.39. The maximum Gasteiger partial charge on any atom is 0.346 e. The van der Waals surface area contributed by atoms with Crippen LogP contribution in [0.15, 0.2) is 72.8 Å². The van der Waals surface area contributed by atoms with Gasteiger partial charge < -0.3 is 29.9 Å². The molecule has 204 valence electrons. The Bertz CT molecular complexity index is 1300. The van der Waals surface area contributed by atoms with E-state index in [0.717, 1.165) is 19.3 Å². The van der Waals surface area contributed by atoms with Gasteiger partial charge in [0.25, 0.3) is 5.91 Å². The summed E-state index contributed by atoms with van der Waals surface area (Å²) < 4.78 is 11.5. The van der Waals surface area contributed by atoms with Crippen LogP contribution >= 0.6 is 0 Å². The number of hydrogen-bond donors (Lipinski definition) is 3. The van der Waals surface area contributed by atoms with Gasteiger partial charge in [-0.05, 0) is 67.6 Å². The average Bonchev–Trinajstić information content (AvgIpc) is 2.93. The lowest BCUT2D eigenvalue weighted by Gasteiger charge is -2.35. The SMILES string of the molecule is O=C(O)CCCN1CC(C(=O)O)Oc2ccc(NC(=O)c3cccc(OCCCCc4ccccc4)c3)cc21. The number of aliphatic carboxylic acids is 2. The van der Waals surface area contributed by atoms with Gasteiger partial charge in [-0.1, -0.05) is 36.4 Å². The maximum absolute atomic E-state index is 13.0. The Balaban J connectivity index is 1.35. The van der Waals surface area contributed by atoms with E-state index in [2.05, 4.69) is 17.4 Å². The van der Waals surface area contributed by atoms with Crippen LogP contribution < -0.4 is 19.7 Å². The predicted molar refractivity (Wildman–Crippen MR) is 147 cm³/mol. The minimum Gasteiger partial charge on any atom is -0.494 e. The number of anilines is 2. The number of amides is 1. The number of aryl methyl sites for hydroxylation is 1. The molecule has 3 aromatic rings. The van der Waals surface area contributed by atoms with Crippen molar-refractivity contribution in [2.24, 2.45) is 0 Å². The normalized spacial score (nSPS) is 14.2. The number of nitrogens with one attached hydrogen (secondary N) is 1. The first-order valence-corrected chi connectivity index (χ1v) is 13.0. The summed E-state index contributed by atoms with van der Waals surface area (Å²) in [5, 5.41) is 21.3. The van der Waals surface area contributed by atoms with E-state index in [9.17, 15) is 19.5 Å². The Morgan fingerprint density at radius 1 is 0.949 bits per heavy atom. The van der Waals surface area contributed by atoms with Crippen molar-refractivity contribution in [1.29, 1.82) is 0 Å². The number of rotatable bonds is 13. The van der Waals surface area contributed by atoms with Crippen molar-refractivity contribution in [3.05, 3.63) is 83.9 Å². The molecular weight excluding hydrogens is 500 g/mol. The summed E-state index contributed by atoms with van der Waals surface area (Å²) in [6.07, 6.45) is 2.14. The number of nitrogens with zero attached hydrogens (tertiary/aromatic N) is 1. The molecule has 0 saturated carbocycles. The molecule has 9 heteroatoms. The zero-order chi connectivity index (χ0) is 27.6. The molecule has 0 spiro atoms. The van der Waals surface area contributed by atoms with Gasteiger partial charge in [0.15, 0.2) is 0 Å². The molecule has 1 unspecified atom stereocenters. The van der Waals surface area contributed by atoms with Crippen LogP contribution in [0.4, 0.5) is 11.4 Å². The first-order valence-electron chi connectivity index (χ1n) is 13.0. The molecule has 3 N–H and O–H groups in total. The van der Waals surface area contributed by atoms with Crippen LogP contribution in [0.1, 0.15) is 41.6 Å². The van der Waals surface area contributed by atoms with Crippen LogP contribution in [0.3, 0.4) is 0 Å². The minimum atomic E-state index is -1.10. The highest BCUT2D eigenvalue weighted by Gasteiger charge is 2.30. The Morgan fingerprint density at radius 3 is 2.54 bits per heavy atom. The molecule has 9 nitrogen and oxygen atoms in total. The third-order valence-electron chi connectivity index (χ3n) is 6.37. The minimum absolute atomic E-state index is 0.0354. The molecule has 0 saturated heterocycles. The van der Waals surface area contributed by atoms with Gasteiger partial charge >= 0.3 is 11.9 Å². The van der Waals surface area contributed by atoms with Gasteiger partial charge in [-0.3, -0.25) is 9.59 Å². The lowest BCUT2D eigenvalue weighted by atomic mass is 10.1. The molecule has 0 bridgehead atoms. The number of carboxylic acids is 2. The zero-order valence-electron chi connectivity index (χ0n) is 21.5. The summed E-state index contributed by atoms with van der Waals surface area (Å²) >= 11 is 0. The molecule has 0 fully saturated rings. The number of ether oxygens (including phenoxy) is 2. The summed E-state index contributed by atoms with van der Waals surface area (Å²) in [6.45, 7) is 0.969. The van der Waals surface area contributed by atoms with E-state index in [4.69, 9.17) is 14.6 Å². The van der Waals surface area contributed by atoms with Gasteiger partial charge in [0, 0.05) is 24.2 Å². The molecular formula is C30H32N2O7. The summed E-state index contributed by atoms with van der Waals surface area (Å²) in [6, 6.07) is 22.3. The monoisotopic (exact) mass is 532 g/mol. The van der Waals surface area contributed by atoms with Crippen molar-refractivity contribution in [3.63, 3.8) is 0 Å². The predicted octanol–water partition coefficient (Wildman–Crippen LogP) is 4.86. The maximum atomic E-state index is 13.0. The van der Waals surface area contributed by atoms with E-state index in [1.807, 2.05) is 24.3 Å². The second-order valence-electron chi connectivity index (χ2n) is 9.34. The van der Waals surface area contributed by atoms with E-state index < -0.39 is 18.0 Å². The van der Waals surface area contributed by atoms with Gasteiger partial charge in [0.05, 0.1) is 18.8 Å². The number of hydrogen-bond acceptors (Lipinski definition) is 6. The van der Waals surface area contributed by atoms with E-state index >= 15 is 0 Å². The molecule has 0 radical (unpaired) electrons. The van der Waals surface area contributed by atoms with Crippen molar-refractivity contribution < 1.29 is 34.1 Å². The molecule has 1 atom stereocenters. The molecule has 1 amide bonds. The van der Waals surface area contributed by atoms with Gasteiger partial charge in [-0.15, -0.1) is 0 Å². The Hall–Kier alpha value is -4.53. The fourth-order valence-corrected chi connectivity index (χ4v) is 4.39. The van der Waals surface area contributed by atoms with Crippen molar-refractivity contribution in [1.82, 2.24) is 0 Å². The van der Waals surface area contributed by atoms with E-state index in [1.54, 1.807) is 41.3 Å². The second kappa shape index (κ2) is 13.3. The Labute approximate surface area is 227 Å². The van der Waals surface area contributed by atoms with Gasteiger partial charge in [-0.25, -0.2) is 4.79 Å². The van der Waals surface area contributed by atoms with Crippen molar-refractivity contribution in [2.75, 3.05) is 29.9 Å². The van der Waals surface area contributed by atoms with E-state index in [1.165, 1.54) is 5.56 Å². The van der Waals surface area contributed by atoms with Crippen LogP contribution in [0.2, 0.25) is 0 Å². The van der Waals surface area contributed by atoms with E-state index in [-0.39, 0.29) is 18.9 Å². The first kappa shape index (κ1) is 27.5. The van der Waals surface area contributed by atoms with Crippen molar-refractivity contribution in [2.45, 2.75) is 38.2 Å². The summed E-state index contributed by atoms with van der Waals surface area (Å²) in [5.41, 5.74) is 2.85. The molecule has 1 aliphatic rings. The quantitative estimate of drug-likeness (QED) is 0.267. The third-order valence-corrected chi connectivity index (χ3v) is 6.37. The number of carbonyl (C=O) groups is 3. The molecule has 1 aliphatic heterocycles. The standard InChI is InChI=1S/C30H32N2O7/c33-28(34)13-7-16-32-20-27(30(36)37)39-26-15-14-23(19-25(26)32)31-29(35)22-11-6-12-24(18-22)38-17-5-4-10-21-8-2-1-3-9-21/h1-3,6,8-9,11-12,14-15,18-19,27H,4-5,7,10,13,16-17,20H2,(H,31,35)(H,33,34)(H,36,37). The summed E-state index contributed by atoms with van der Waals surface area (Å²) in [5.74, 6) is -1.35. The van der Waals surface area contributed by atoms with Crippen LogP contribution in [-0.4, -0.2) is 53.9 Å². The molecule has 39 heavy (non-hydrogen) atoms. The summed E-state index contributed by atoms with van der Waals surface area (Å²) in [7, 11) is 0. The number of carbonyl (C=O) groups excluding carboxylic acids is 1. The Kier molecular flexibility index (Phi) is 9.39. The Morgan fingerprint density at radius 2 is 1.77 bits per heavy atom. The highest BCUT2D eigenvalue weighted by Crippen LogP contribution is 2.36. The van der Waals surface area contributed by atoms with Crippen LogP contribution in [0.5, 0.6) is 11.5 Å². The molecule has 3 aromatic carbocycles. The number of carboxylic acid groups (broad SMARTS) is 2. The van der Waals surface area contributed by atoms with Gasteiger partial charge in [0.2, 0.25) is 6.10 Å². The second-order valence-corrected chi connectivity index (χ2v) is 9.34. The van der Waals surface area contributed by atoms with Gasteiger partial charge in [-0.2, -0.15) is 0 Å². The van der Waals surface area contributed by atoms with E-state index in [0.29, 0.717) is 48.0 Å². The first-order chi connectivity index (χ1) is 18.9. The highest BCUT2D eigenvalue weighted by atomic mass is 16.5. The van der Waals surface area contributed by atoms with Gasteiger partial charge in [0.1, 0.15) is 11.5 Å². The molecule has 4 rings (SSSR count). The smallest absolute Gasteiger partial charge is 0.346 e. The zero-order valence-corrected chi connectivity index (χ0v) is 21.5. The number of benzene rings is 3. The number of fused-ring (bicyclic) bond motifs is 1. The lowest BCUT2D eigenvalue weighted by molar-refractivity contribution is -0.145. The van der Waals surface area contributed by atoms with Crippen molar-refractivity contribution in [3.8, 4) is 11.5 Å².